The van der Waals surface area contributed by atoms with Gasteiger partial charge in [0.25, 0.3) is 15.9 Å². The summed E-state index contributed by atoms with van der Waals surface area (Å²) in [7, 11) is -2.16. The maximum absolute atomic E-state index is 12.5. The summed E-state index contributed by atoms with van der Waals surface area (Å²) < 4.78 is 32.8. The fourth-order valence-corrected chi connectivity index (χ4v) is 4.02. The number of carbonyl (C=O) groups excluding carboxylic acids is 1. The lowest BCUT2D eigenvalue weighted by Gasteiger charge is -2.12. The van der Waals surface area contributed by atoms with Crippen molar-refractivity contribution in [3.63, 3.8) is 0 Å². The van der Waals surface area contributed by atoms with E-state index in [9.17, 15) is 13.2 Å². The van der Waals surface area contributed by atoms with Crippen molar-refractivity contribution in [2.45, 2.75) is 18.4 Å². The Morgan fingerprint density at radius 3 is 2.27 bits per heavy atom. The molecule has 0 heterocycles. The average molecular weight is 445 g/mol. The molecule has 0 aromatic heterocycles. The van der Waals surface area contributed by atoms with Gasteiger partial charge >= 0.3 is 0 Å². The number of methoxy groups -OCH3 is 1. The first-order valence-electron chi connectivity index (χ1n) is 9.08. The smallest absolute Gasteiger partial charge is 0.261 e. The van der Waals surface area contributed by atoms with Gasteiger partial charge in [0.05, 0.1) is 17.7 Å². The van der Waals surface area contributed by atoms with Crippen LogP contribution in [0.5, 0.6) is 5.75 Å². The molecule has 0 atom stereocenters. The molecule has 0 unspecified atom stereocenters. The van der Waals surface area contributed by atoms with Crippen LogP contribution in [0.15, 0.2) is 71.6 Å². The van der Waals surface area contributed by atoms with Crippen molar-refractivity contribution in [2.24, 2.45) is 0 Å². The second kappa shape index (κ2) is 9.19. The Balaban J connectivity index is 1.68. The fourth-order valence-electron chi connectivity index (χ4n) is 2.76. The lowest BCUT2D eigenvalue weighted by molar-refractivity contribution is 0.0951. The zero-order valence-corrected chi connectivity index (χ0v) is 18.0. The van der Waals surface area contributed by atoms with Gasteiger partial charge in [0.15, 0.2) is 0 Å². The highest BCUT2D eigenvalue weighted by Crippen LogP contribution is 2.22. The number of hydrogen-bond donors (Lipinski definition) is 2. The molecule has 30 heavy (non-hydrogen) atoms. The molecular formula is C22H21ClN2O4S. The van der Waals surface area contributed by atoms with Gasteiger partial charge < -0.3 is 10.1 Å². The SMILES string of the molecule is COc1ccc(CNC(=O)c2ccc(NS(=O)(=O)c3ccc(Cl)cc3)c(C)c2)cc1. The second-order valence-electron chi connectivity index (χ2n) is 6.62. The van der Waals surface area contributed by atoms with Crippen LogP contribution in [0.25, 0.3) is 0 Å². The van der Waals surface area contributed by atoms with Gasteiger partial charge in [-0.25, -0.2) is 8.42 Å². The molecule has 0 spiro atoms. The number of sulfonamides is 1. The summed E-state index contributed by atoms with van der Waals surface area (Å²) in [5.74, 6) is 0.498. The highest BCUT2D eigenvalue weighted by atomic mass is 35.5. The number of nitrogens with one attached hydrogen (secondary N) is 2. The summed E-state index contributed by atoms with van der Waals surface area (Å²) in [6, 6.07) is 18.1. The summed E-state index contributed by atoms with van der Waals surface area (Å²) in [6.07, 6.45) is 0. The fraction of sp³-hybridized carbons (Fsp3) is 0.136. The first kappa shape index (κ1) is 21.7. The number of ether oxygens (including phenoxy) is 1. The molecule has 0 aliphatic carbocycles. The van der Waals surface area contributed by atoms with Gasteiger partial charge in [-0.05, 0) is 72.6 Å². The summed E-state index contributed by atoms with van der Waals surface area (Å²) in [6.45, 7) is 2.10. The van der Waals surface area contributed by atoms with Crippen LogP contribution in [-0.2, 0) is 16.6 Å². The van der Waals surface area contributed by atoms with Crippen molar-refractivity contribution < 1.29 is 17.9 Å². The van der Waals surface area contributed by atoms with Gasteiger partial charge in [0, 0.05) is 17.1 Å². The van der Waals surface area contributed by atoms with E-state index in [1.807, 2.05) is 24.3 Å². The van der Waals surface area contributed by atoms with Crippen LogP contribution in [0.1, 0.15) is 21.5 Å². The number of benzene rings is 3. The van der Waals surface area contributed by atoms with Crippen LogP contribution >= 0.6 is 11.6 Å². The summed E-state index contributed by atoms with van der Waals surface area (Å²) in [5, 5.41) is 3.30. The Bertz CT molecular complexity index is 1140. The van der Waals surface area contributed by atoms with Crippen LogP contribution < -0.4 is 14.8 Å². The van der Waals surface area contributed by atoms with Crippen molar-refractivity contribution in [1.29, 1.82) is 0 Å². The Kier molecular flexibility index (Phi) is 6.64. The number of carbonyl (C=O) groups is 1. The second-order valence-corrected chi connectivity index (χ2v) is 8.74. The van der Waals surface area contributed by atoms with Crippen molar-refractivity contribution >= 4 is 33.2 Å². The Morgan fingerprint density at radius 1 is 1.00 bits per heavy atom. The molecule has 8 heteroatoms. The molecule has 0 radical (unpaired) electrons. The van der Waals surface area contributed by atoms with Crippen LogP contribution in [0.3, 0.4) is 0 Å². The van der Waals surface area contributed by atoms with Crippen molar-refractivity contribution in [3.8, 4) is 5.75 Å². The molecule has 3 rings (SSSR count). The van der Waals surface area contributed by atoms with Gasteiger partial charge in [0.1, 0.15) is 5.75 Å². The van der Waals surface area contributed by atoms with E-state index in [-0.39, 0.29) is 10.8 Å². The van der Waals surface area contributed by atoms with Crippen LogP contribution in [-0.4, -0.2) is 21.4 Å². The van der Waals surface area contributed by atoms with Crippen molar-refractivity contribution in [2.75, 3.05) is 11.8 Å². The number of hydrogen-bond acceptors (Lipinski definition) is 4. The molecule has 0 saturated heterocycles. The van der Waals surface area contributed by atoms with Crippen LogP contribution in [0.4, 0.5) is 5.69 Å². The topological polar surface area (TPSA) is 84.5 Å². The number of aryl methyl sites for hydroxylation is 1. The van der Waals surface area contributed by atoms with Gasteiger partial charge in [-0.15, -0.1) is 0 Å². The molecule has 3 aromatic carbocycles. The zero-order valence-electron chi connectivity index (χ0n) is 16.5. The van der Waals surface area contributed by atoms with Gasteiger partial charge in [-0.2, -0.15) is 0 Å². The molecule has 6 nitrogen and oxygen atoms in total. The first-order valence-corrected chi connectivity index (χ1v) is 10.9. The lowest BCUT2D eigenvalue weighted by atomic mass is 10.1. The minimum absolute atomic E-state index is 0.104. The van der Waals surface area contributed by atoms with E-state index in [0.29, 0.717) is 28.4 Å². The van der Waals surface area contributed by atoms with E-state index in [1.165, 1.54) is 24.3 Å². The number of rotatable bonds is 7. The zero-order chi connectivity index (χ0) is 21.7. The van der Waals surface area contributed by atoms with Crippen molar-refractivity contribution in [1.82, 2.24) is 5.32 Å². The Morgan fingerprint density at radius 2 is 1.67 bits per heavy atom. The molecule has 0 bridgehead atoms. The van der Waals surface area contributed by atoms with E-state index in [0.717, 1.165) is 11.3 Å². The highest BCUT2D eigenvalue weighted by Gasteiger charge is 2.16. The Labute approximate surface area is 180 Å². The summed E-state index contributed by atoms with van der Waals surface area (Å²) in [5.41, 5.74) is 2.41. The molecule has 0 aliphatic heterocycles. The van der Waals surface area contributed by atoms with Crippen molar-refractivity contribution in [3.05, 3.63) is 88.4 Å². The van der Waals surface area contributed by atoms with Crippen LogP contribution in [0.2, 0.25) is 5.02 Å². The summed E-state index contributed by atoms with van der Waals surface area (Å²) >= 11 is 5.81. The number of amides is 1. The van der Waals surface area contributed by atoms with E-state index in [4.69, 9.17) is 16.3 Å². The van der Waals surface area contributed by atoms with Gasteiger partial charge in [0.2, 0.25) is 0 Å². The average Bonchev–Trinajstić information content (AvgIpc) is 2.74. The predicted octanol–water partition coefficient (Wildman–Crippen LogP) is 4.39. The highest BCUT2D eigenvalue weighted by molar-refractivity contribution is 7.92. The molecular weight excluding hydrogens is 424 g/mol. The summed E-state index contributed by atoms with van der Waals surface area (Å²) in [4.78, 5) is 12.6. The maximum atomic E-state index is 12.5. The maximum Gasteiger partial charge on any atom is 0.261 e. The molecule has 0 fully saturated rings. The van der Waals surface area contributed by atoms with E-state index in [1.54, 1.807) is 32.2 Å². The third-order valence-corrected chi connectivity index (χ3v) is 6.10. The normalized spacial score (nSPS) is 11.0. The quantitative estimate of drug-likeness (QED) is 0.566. The van der Waals surface area contributed by atoms with E-state index < -0.39 is 10.0 Å². The molecule has 2 N–H and O–H groups in total. The van der Waals surface area contributed by atoms with E-state index in [2.05, 4.69) is 10.0 Å². The standard InChI is InChI=1S/C22H21ClN2O4S/c1-15-13-17(22(26)24-14-16-3-8-19(29-2)9-4-16)5-12-21(15)25-30(27,28)20-10-6-18(23)7-11-20/h3-13,25H,14H2,1-2H3,(H,24,26). The number of halogens is 1. The molecule has 1 amide bonds. The first-order chi connectivity index (χ1) is 14.3. The molecule has 0 aliphatic rings. The van der Waals surface area contributed by atoms with Gasteiger partial charge in [-0.1, -0.05) is 23.7 Å². The molecule has 3 aromatic rings. The minimum Gasteiger partial charge on any atom is -0.497 e. The third-order valence-electron chi connectivity index (χ3n) is 4.47. The number of anilines is 1. The minimum atomic E-state index is -3.76. The Hall–Kier alpha value is -3.03. The molecule has 156 valence electrons. The third kappa shape index (κ3) is 5.31. The molecule has 0 saturated carbocycles. The monoisotopic (exact) mass is 444 g/mol. The predicted molar refractivity (Wildman–Crippen MR) is 118 cm³/mol. The van der Waals surface area contributed by atoms with Gasteiger partial charge in [-0.3, -0.25) is 9.52 Å². The van der Waals surface area contributed by atoms with Crippen LogP contribution in [0, 0.1) is 6.92 Å². The largest absolute Gasteiger partial charge is 0.497 e. The van der Waals surface area contributed by atoms with E-state index >= 15 is 0 Å². The lowest BCUT2D eigenvalue weighted by Crippen LogP contribution is -2.23.